The monoisotopic (exact) mass is 348 g/mol. The number of nitrogens with zero attached hydrogens (tertiary/aromatic N) is 2. The van der Waals surface area contributed by atoms with Crippen molar-refractivity contribution in [2.45, 2.75) is 0 Å². The molecular formula is C20H16N2O4. The van der Waals surface area contributed by atoms with Gasteiger partial charge in [-0.25, -0.2) is 0 Å². The van der Waals surface area contributed by atoms with Gasteiger partial charge in [0.1, 0.15) is 23.5 Å². The summed E-state index contributed by atoms with van der Waals surface area (Å²) in [6, 6.07) is 15.3. The fraction of sp³-hybridized carbons (Fsp3) is 0.150. The van der Waals surface area contributed by atoms with Crippen molar-refractivity contribution in [1.29, 1.82) is 10.5 Å². The van der Waals surface area contributed by atoms with Crippen LogP contribution in [0.15, 0.2) is 48.0 Å². The molecule has 0 aromatic heterocycles. The minimum absolute atomic E-state index is 0.0112. The second-order valence-corrected chi connectivity index (χ2v) is 5.08. The van der Waals surface area contributed by atoms with Gasteiger partial charge in [0.15, 0.2) is 18.1 Å². The number of ether oxygens (including phenoxy) is 3. The number of carbonyl (C=O) groups excluding carboxylic acids is 1. The van der Waals surface area contributed by atoms with E-state index in [1.807, 2.05) is 12.1 Å². The van der Waals surface area contributed by atoms with E-state index in [1.165, 1.54) is 20.3 Å². The fourth-order valence-corrected chi connectivity index (χ4v) is 2.22. The average Bonchev–Trinajstić information content (AvgIpc) is 2.70. The summed E-state index contributed by atoms with van der Waals surface area (Å²) in [6.45, 7) is -0.106. The van der Waals surface area contributed by atoms with Crippen LogP contribution in [-0.2, 0) is 0 Å². The molecule has 130 valence electrons. The molecule has 0 saturated heterocycles. The summed E-state index contributed by atoms with van der Waals surface area (Å²) in [4.78, 5) is 12.5. The van der Waals surface area contributed by atoms with Crippen LogP contribution in [0.3, 0.4) is 0 Å². The summed E-state index contributed by atoms with van der Waals surface area (Å²) < 4.78 is 15.5. The first-order valence-corrected chi connectivity index (χ1v) is 7.61. The lowest BCUT2D eigenvalue weighted by molar-refractivity contribution is 0.104. The minimum atomic E-state index is -0.390. The second kappa shape index (κ2) is 8.91. The number of ketones is 1. The lowest BCUT2D eigenvalue weighted by atomic mass is 10.0. The molecule has 0 fully saturated rings. The first-order valence-electron chi connectivity index (χ1n) is 7.61. The SMILES string of the molecule is COc1ccc(C(=O)/C(C#N)=C/c2ccc(OCC#N)c(OC)c2)cc1. The number of carbonyl (C=O) groups is 1. The van der Waals surface area contributed by atoms with E-state index in [-0.39, 0.29) is 18.0 Å². The Morgan fingerprint density at radius 3 is 2.35 bits per heavy atom. The highest BCUT2D eigenvalue weighted by Crippen LogP contribution is 2.29. The largest absolute Gasteiger partial charge is 0.497 e. The molecule has 6 heteroatoms. The maximum Gasteiger partial charge on any atom is 0.203 e. The van der Waals surface area contributed by atoms with Gasteiger partial charge in [-0.3, -0.25) is 4.79 Å². The minimum Gasteiger partial charge on any atom is -0.497 e. The molecule has 0 aliphatic rings. The Labute approximate surface area is 151 Å². The van der Waals surface area contributed by atoms with E-state index in [9.17, 15) is 10.1 Å². The number of allylic oxidation sites excluding steroid dienone is 1. The quantitative estimate of drug-likeness (QED) is 0.432. The Bertz CT molecular complexity index is 903. The van der Waals surface area contributed by atoms with E-state index in [2.05, 4.69) is 0 Å². The molecule has 0 amide bonds. The zero-order valence-corrected chi connectivity index (χ0v) is 14.4. The highest BCUT2D eigenvalue weighted by molar-refractivity contribution is 6.14. The van der Waals surface area contributed by atoms with Crippen LogP contribution < -0.4 is 14.2 Å². The molecule has 0 spiro atoms. The van der Waals surface area contributed by atoms with Crippen LogP contribution in [0.1, 0.15) is 15.9 Å². The molecule has 0 aliphatic heterocycles. The van der Waals surface area contributed by atoms with Gasteiger partial charge in [-0.2, -0.15) is 10.5 Å². The molecule has 0 heterocycles. The number of hydrogen-bond acceptors (Lipinski definition) is 6. The molecule has 0 saturated carbocycles. The number of rotatable bonds is 7. The predicted octanol–water partition coefficient (Wildman–Crippen LogP) is 3.40. The van der Waals surface area contributed by atoms with Gasteiger partial charge in [-0.15, -0.1) is 0 Å². The summed E-state index contributed by atoms with van der Waals surface area (Å²) in [7, 11) is 3.00. The van der Waals surface area contributed by atoms with Crippen LogP contribution in [0, 0.1) is 22.7 Å². The van der Waals surface area contributed by atoms with Gasteiger partial charge in [0.25, 0.3) is 0 Å². The van der Waals surface area contributed by atoms with Crippen molar-refractivity contribution >= 4 is 11.9 Å². The Morgan fingerprint density at radius 2 is 1.77 bits per heavy atom. The molecular weight excluding hydrogens is 332 g/mol. The summed E-state index contributed by atoms with van der Waals surface area (Å²) in [6.07, 6.45) is 1.48. The molecule has 0 unspecified atom stereocenters. The van der Waals surface area contributed by atoms with Crippen molar-refractivity contribution < 1.29 is 19.0 Å². The molecule has 2 aromatic carbocycles. The van der Waals surface area contributed by atoms with Crippen molar-refractivity contribution in [1.82, 2.24) is 0 Å². The third-order valence-corrected chi connectivity index (χ3v) is 3.51. The fourth-order valence-electron chi connectivity index (χ4n) is 2.22. The van der Waals surface area contributed by atoms with Gasteiger partial charge >= 0.3 is 0 Å². The molecule has 0 aliphatic carbocycles. The molecule has 0 N–H and O–H groups in total. The van der Waals surface area contributed by atoms with E-state index in [0.29, 0.717) is 28.4 Å². The smallest absolute Gasteiger partial charge is 0.203 e. The third-order valence-electron chi connectivity index (χ3n) is 3.51. The number of benzene rings is 2. The average molecular weight is 348 g/mol. The van der Waals surface area contributed by atoms with Gasteiger partial charge in [0.2, 0.25) is 5.78 Å². The molecule has 0 bridgehead atoms. The predicted molar refractivity (Wildman–Crippen MR) is 95.0 cm³/mol. The number of nitriles is 2. The van der Waals surface area contributed by atoms with Crippen LogP contribution >= 0.6 is 0 Å². The number of Topliss-reactive ketones (excluding diaryl/α,β-unsaturated/α-hetero) is 1. The van der Waals surface area contributed by atoms with Crippen molar-refractivity contribution in [3.05, 3.63) is 59.2 Å². The van der Waals surface area contributed by atoms with Gasteiger partial charge in [0, 0.05) is 5.56 Å². The first kappa shape index (κ1) is 18.6. The maximum atomic E-state index is 12.5. The summed E-state index contributed by atoms with van der Waals surface area (Å²) >= 11 is 0. The van der Waals surface area contributed by atoms with E-state index in [1.54, 1.807) is 42.5 Å². The zero-order valence-electron chi connectivity index (χ0n) is 14.4. The molecule has 0 radical (unpaired) electrons. The van der Waals surface area contributed by atoms with Crippen LogP contribution in [0.25, 0.3) is 6.08 Å². The van der Waals surface area contributed by atoms with Crippen LogP contribution in [0.5, 0.6) is 17.2 Å². The summed E-state index contributed by atoms with van der Waals surface area (Å²) in [5.74, 6) is 1.05. The summed E-state index contributed by atoms with van der Waals surface area (Å²) in [5, 5.41) is 18.0. The van der Waals surface area contributed by atoms with Gasteiger partial charge < -0.3 is 14.2 Å². The van der Waals surface area contributed by atoms with E-state index in [4.69, 9.17) is 19.5 Å². The Kier molecular flexibility index (Phi) is 6.36. The molecule has 6 nitrogen and oxygen atoms in total. The lowest BCUT2D eigenvalue weighted by Crippen LogP contribution is -2.02. The molecule has 2 aromatic rings. The molecule has 0 atom stereocenters. The van der Waals surface area contributed by atoms with Crippen LogP contribution in [-0.4, -0.2) is 26.6 Å². The Balaban J connectivity index is 2.31. The van der Waals surface area contributed by atoms with E-state index in [0.717, 1.165) is 0 Å². The summed E-state index contributed by atoms with van der Waals surface area (Å²) in [5.41, 5.74) is 0.979. The number of hydrogen-bond donors (Lipinski definition) is 0. The Morgan fingerprint density at radius 1 is 1.04 bits per heavy atom. The van der Waals surface area contributed by atoms with Gasteiger partial charge in [0.05, 0.1) is 14.2 Å². The topological polar surface area (TPSA) is 92.3 Å². The van der Waals surface area contributed by atoms with Crippen LogP contribution in [0.4, 0.5) is 0 Å². The van der Waals surface area contributed by atoms with Crippen molar-refractivity contribution in [2.24, 2.45) is 0 Å². The van der Waals surface area contributed by atoms with Gasteiger partial charge in [-0.05, 0) is 48.0 Å². The first-order chi connectivity index (χ1) is 12.6. The van der Waals surface area contributed by atoms with Crippen LogP contribution in [0.2, 0.25) is 0 Å². The standard InChI is InChI=1S/C20H16N2O4/c1-24-17-6-4-15(5-7-17)20(23)16(13-22)11-14-3-8-18(26-10-9-21)19(12-14)25-2/h3-8,11-12H,10H2,1-2H3/b16-11+. The van der Waals surface area contributed by atoms with E-state index < -0.39 is 0 Å². The van der Waals surface area contributed by atoms with Crippen molar-refractivity contribution in [3.63, 3.8) is 0 Å². The third kappa shape index (κ3) is 4.40. The van der Waals surface area contributed by atoms with Gasteiger partial charge in [-0.1, -0.05) is 6.07 Å². The second-order valence-electron chi connectivity index (χ2n) is 5.08. The lowest BCUT2D eigenvalue weighted by Gasteiger charge is -2.09. The zero-order chi connectivity index (χ0) is 18.9. The number of methoxy groups -OCH3 is 2. The molecule has 2 rings (SSSR count). The van der Waals surface area contributed by atoms with Crippen molar-refractivity contribution in [3.8, 4) is 29.4 Å². The highest BCUT2D eigenvalue weighted by atomic mass is 16.5. The normalized spacial score (nSPS) is 10.4. The Hall–Kier alpha value is -3.77. The van der Waals surface area contributed by atoms with Crippen molar-refractivity contribution in [2.75, 3.05) is 20.8 Å². The maximum absolute atomic E-state index is 12.5. The van der Waals surface area contributed by atoms with E-state index >= 15 is 0 Å². The highest BCUT2D eigenvalue weighted by Gasteiger charge is 2.13. The molecule has 26 heavy (non-hydrogen) atoms.